The van der Waals surface area contributed by atoms with Crippen molar-refractivity contribution in [3.63, 3.8) is 0 Å². The van der Waals surface area contributed by atoms with Crippen molar-refractivity contribution in [3.8, 4) is 11.1 Å². The molecule has 19 heavy (non-hydrogen) atoms. The standard InChI is InChI=1S/C17H22N2/c1-4-17(19-5-2)15-8-6-7-14(10-15)16-9-13(3)11-18-12-16/h6-12,17,19H,4-5H2,1-3H3. The first-order chi connectivity index (χ1) is 9.24. The molecular formula is C17H22N2. The van der Waals surface area contributed by atoms with E-state index in [2.05, 4.69) is 61.4 Å². The molecule has 0 aliphatic rings. The summed E-state index contributed by atoms with van der Waals surface area (Å²) in [6.07, 6.45) is 4.92. The molecule has 1 heterocycles. The van der Waals surface area contributed by atoms with Crippen LogP contribution in [0.5, 0.6) is 0 Å². The molecule has 2 aromatic rings. The lowest BCUT2D eigenvalue weighted by Crippen LogP contribution is -2.19. The van der Waals surface area contributed by atoms with Crippen molar-refractivity contribution in [3.05, 3.63) is 53.9 Å². The molecule has 1 aromatic heterocycles. The average Bonchev–Trinajstić information content (AvgIpc) is 2.45. The topological polar surface area (TPSA) is 24.9 Å². The number of aromatic nitrogens is 1. The van der Waals surface area contributed by atoms with Gasteiger partial charge in [0.1, 0.15) is 0 Å². The predicted octanol–water partition coefficient (Wildman–Crippen LogP) is 4.12. The minimum atomic E-state index is 0.433. The van der Waals surface area contributed by atoms with Crippen molar-refractivity contribution in [1.82, 2.24) is 10.3 Å². The molecular weight excluding hydrogens is 232 g/mol. The number of rotatable bonds is 5. The summed E-state index contributed by atoms with van der Waals surface area (Å²) < 4.78 is 0. The Labute approximate surface area is 115 Å². The zero-order valence-electron chi connectivity index (χ0n) is 12.0. The molecule has 0 amide bonds. The lowest BCUT2D eigenvalue weighted by molar-refractivity contribution is 0.537. The van der Waals surface area contributed by atoms with Crippen molar-refractivity contribution in [2.24, 2.45) is 0 Å². The third kappa shape index (κ3) is 3.42. The highest BCUT2D eigenvalue weighted by Crippen LogP contribution is 2.24. The molecule has 1 N–H and O–H groups in total. The first-order valence-corrected chi connectivity index (χ1v) is 7.00. The monoisotopic (exact) mass is 254 g/mol. The number of hydrogen-bond donors (Lipinski definition) is 1. The summed E-state index contributed by atoms with van der Waals surface area (Å²) in [5.41, 5.74) is 4.98. The van der Waals surface area contributed by atoms with Crippen LogP contribution in [-0.4, -0.2) is 11.5 Å². The molecule has 2 nitrogen and oxygen atoms in total. The maximum atomic E-state index is 4.28. The van der Waals surface area contributed by atoms with Crippen molar-refractivity contribution in [2.75, 3.05) is 6.54 Å². The number of hydrogen-bond acceptors (Lipinski definition) is 2. The molecule has 1 atom stereocenters. The van der Waals surface area contributed by atoms with E-state index in [0.717, 1.165) is 13.0 Å². The van der Waals surface area contributed by atoms with Crippen LogP contribution in [-0.2, 0) is 0 Å². The molecule has 1 aromatic carbocycles. The van der Waals surface area contributed by atoms with Crippen LogP contribution in [0.1, 0.15) is 37.4 Å². The van der Waals surface area contributed by atoms with E-state index in [1.54, 1.807) is 0 Å². The van der Waals surface area contributed by atoms with Crippen LogP contribution in [0.25, 0.3) is 11.1 Å². The molecule has 0 spiro atoms. The van der Waals surface area contributed by atoms with Crippen molar-refractivity contribution < 1.29 is 0 Å². The molecule has 0 fully saturated rings. The summed E-state index contributed by atoms with van der Waals surface area (Å²) in [5, 5.41) is 3.52. The van der Waals surface area contributed by atoms with Gasteiger partial charge >= 0.3 is 0 Å². The molecule has 0 saturated heterocycles. The molecule has 0 radical (unpaired) electrons. The van der Waals surface area contributed by atoms with Gasteiger partial charge in [0, 0.05) is 24.0 Å². The zero-order valence-corrected chi connectivity index (χ0v) is 12.0. The Morgan fingerprint density at radius 1 is 1.11 bits per heavy atom. The highest BCUT2D eigenvalue weighted by molar-refractivity contribution is 5.64. The van der Waals surface area contributed by atoms with E-state index in [-0.39, 0.29) is 0 Å². The van der Waals surface area contributed by atoms with Crippen LogP contribution in [0.3, 0.4) is 0 Å². The van der Waals surface area contributed by atoms with Crippen LogP contribution in [0.15, 0.2) is 42.7 Å². The summed E-state index contributed by atoms with van der Waals surface area (Å²) in [5.74, 6) is 0. The first-order valence-electron chi connectivity index (χ1n) is 7.00. The normalized spacial score (nSPS) is 12.4. The Hall–Kier alpha value is -1.67. The quantitative estimate of drug-likeness (QED) is 0.868. The third-order valence-corrected chi connectivity index (χ3v) is 3.36. The van der Waals surface area contributed by atoms with Gasteiger partial charge in [-0.25, -0.2) is 0 Å². The fourth-order valence-corrected chi connectivity index (χ4v) is 2.39. The van der Waals surface area contributed by atoms with Crippen molar-refractivity contribution in [1.29, 1.82) is 0 Å². The number of benzene rings is 1. The second-order valence-corrected chi connectivity index (χ2v) is 4.89. The molecule has 0 saturated carbocycles. The highest BCUT2D eigenvalue weighted by Gasteiger charge is 2.08. The number of aryl methyl sites for hydroxylation is 1. The van der Waals surface area contributed by atoms with Crippen LogP contribution >= 0.6 is 0 Å². The largest absolute Gasteiger partial charge is 0.310 e. The number of nitrogens with zero attached hydrogens (tertiary/aromatic N) is 1. The van der Waals surface area contributed by atoms with Gasteiger partial charge in [-0.15, -0.1) is 0 Å². The third-order valence-electron chi connectivity index (χ3n) is 3.36. The van der Waals surface area contributed by atoms with Crippen LogP contribution in [0, 0.1) is 6.92 Å². The maximum Gasteiger partial charge on any atom is 0.0346 e. The van der Waals surface area contributed by atoms with Gasteiger partial charge in [-0.3, -0.25) is 4.98 Å². The second-order valence-electron chi connectivity index (χ2n) is 4.89. The van der Waals surface area contributed by atoms with Crippen LogP contribution < -0.4 is 5.32 Å². The zero-order chi connectivity index (χ0) is 13.7. The lowest BCUT2D eigenvalue weighted by atomic mass is 9.98. The van der Waals surface area contributed by atoms with Crippen molar-refractivity contribution >= 4 is 0 Å². The summed E-state index contributed by atoms with van der Waals surface area (Å²) in [6.45, 7) is 7.44. The minimum Gasteiger partial charge on any atom is -0.310 e. The van der Waals surface area contributed by atoms with Gasteiger partial charge in [-0.05, 0) is 48.7 Å². The fraction of sp³-hybridized carbons (Fsp3) is 0.353. The van der Waals surface area contributed by atoms with E-state index in [9.17, 15) is 0 Å². The summed E-state index contributed by atoms with van der Waals surface area (Å²) in [6, 6.07) is 11.4. The summed E-state index contributed by atoms with van der Waals surface area (Å²) in [4.78, 5) is 4.28. The van der Waals surface area contributed by atoms with Crippen LogP contribution in [0.4, 0.5) is 0 Å². The van der Waals surface area contributed by atoms with E-state index < -0.39 is 0 Å². The van der Waals surface area contributed by atoms with E-state index in [0.29, 0.717) is 6.04 Å². The van der Waals surface area contributed by atoms with E-state index in [1.807, 2.05) is 12.4 Å². The molecule has 1 unspecified atom stereocenters. The molecule has 0 aliphatic heterocycles. The summed E-state index contributed by atoms with van der Waals surface area (Å²) >= 11 is 0. The molecule has 2 rings (SSSR count). The summed E-state index contributed by atoms with van der Waals surface area (Å²) in [7, 11) is 0. The number of pyridine rings is 1. The lowest BCUT2D eigenvalue weighted by Gasteiger charge is -2.17. The predicted molar refractivity (Wildman–Crippen MR) is 81.1 cm³/mol. The first kappa shape index (κ1) is 13.8. The molecule has 2 heteroatoms. The van der Waals surface area contributed by atoms with Gasteiger partial charge in [-0.2, -0.15) is 0 Å². The van der Waals surface area contributed by atoms with Gasteiger partial charge < -0.3 is 5.32 Å². The van der Waals surface area contributed by atoms with Gasteiger partial charge in [-0.1, -0.05) is 32.0 Å². The average molecular weight is 254 g/mol. The molecule has 0 bridgehead atoms. The minimum absolute atomic E-state index is 0.433. The van der Waals surface area contributed by atoms with E-state index in [4.69, 9.17) is 0 Å². The maximum absolute atomic E-state index is 4.28. The Kier molecular flexibility index (Phi) is 4.69. The van der Waals surface area contributed by atoms with E-state index >= 15 is 0 Å². The smallest absolute Gasteiger partial charge is 0.0346 e. The van der Waals surface area contributed by atoms with Gasteiger partial charge in [0.25, 0.3) is 0 Å². The molecule has 100 valence electrons. The Morgan fingerprint density at radius 3 is 2.63 bits per heavy atom. The highest BCUT2D eigenvalue weighted by atomic mass is 14.9. The molecule has 0 aliphatic carbocycles. The second kappa shape index (κ2) is 6.48. The number of nitrogens with one attached hydrogen (secondary N) is 1. The van der Waals surface area contributed by atoms with Crippen LogP contribution in [0.2, 0.25) is 0 Å². The van der Waals surface area contributed by atoms with E-state index in [1.165, 1.54) is 22.3 Å². The van der Waals surface area contributed by atoms with Gasteiger partial charge in [0.05, 0.1) is 0 Å². The SMILES string of the molecule is CCNC(CC)c1cccc(-c2cncc(C)c2)c1. The Balaban J connectivity index is 2.33. The van der Waals surface area contributed by atoms with Gasteiger partial charge in [0.2, 0.25) is 0 Å². The van der Waals surface area contributed by atoms with Crippen molar-refractivity contribution in [2.45, 2.75) is 33.2 Å². The fourth-order valence-electron chi connectivity index (χ4n) is 2.39. The Bertz CT molecular complexity index is 534. The Morgan fingerprint density at radius 2 is 1.95 bits per heavy atom. The van der Waals surface area contributed by atoms with Gasteiger partial charge in [0.15, 0.2) is 0 Å².